The molecule has 1 amide bonds. The third-order valence-electron chi connectivity index (χ3n) is 4.71. The number of amides is 1. The molecule has 10 nitrogen and oxygen atoms in total. The van der Waals surface area contributed by atoms with Crippen molar-refractivity contribution in [2.45, 2.75) is 24.5 Å². The van der Waals surface area contributed by atoms with E-state index in [4.69, 9.17) is 5.73 Å². The molecule has 1 aromatic heterocycles. The Kier molecular flexibility index (Phi) is 7.09. The number of hydrogen-bond acceptors (Lipinski definition) is 10. The van der Waals surface area contributed by atoms with E-state index in [1.807, 2.05) is 30.3 Å². The summed E-state index contributed by atoms with van der Waals surface area (Å²) in [5, 5.41) is 55.7. The molecule has 0 aliphatic carbocycles. The summed E-state index contributed by atoms with van der Waals surface area (Å²) < 4.78 is 0. The topological polar surface area (TPSA) is 181 Å². The fourth-order valence-corrected chi connectivity index (χ4v) is 3.56. The first-order valence-corrected chi connectivity index (χ1v) is 10.4. The second kappa shape index (κ2) is 9.61. The number of aliphatic hydroxyl groups is 4. The highest BCUT2D eigenvalue weighted by Crippen LogP contribution is 2.29. The average Bonchev–Trinajstić information content (AvgIpc) is 3.05. The van der Waals surface area contributed by atoms with E-state index < -0.39 is 17.6 Å². The normalized spacial score (nSPS) is 12.0. The fourth-order valence-electron chi connectivity index (χ4n) is 2.97. The van der Waals surface area contributed by atoms with Crippen LogP contribution in [0.25, 0.3) is 0 Å². The van der Waals surface area contributed by atoms with Crippen LogP contribution in [-0.4, -0.2) is 48.9 Å². The van der Waals surface area contributed by atoms with Crippen LogP contribution in [-0.2, 0) is 23.4 Å². The number of benzene rings is 2. The van der Waals surface area contributed by atoms with E-state index in [-0.39, 0.29) is 34.4 Å². The number of hydrogen-bond donors (Lipinski definition) is 8. The van der Waals surface area contributed by atoms with Crippen LogP contribution in [0, 0.1) is 0 Å². The molecule has 0 saturated carbocycles. The lowest BCUT2D eigenvalue weighted by Gasteiger charge is -2.35. The molecule has 11 heteroatoms. The van der Waals surface area contributed by atoms with Gasteiger partial charge >= 0.3 is 0 Å². The van der Waals surface area contributed by atoms with Crippen molar-refractivity contribution >= 4 is 28.1 Å². The predicted molar refractivity (Wildman–Crippen MR) is 118 cm³/mol. The summed E-state index contributed by atoms with van der Waals surface area (Å²) >= 11 is 0.862. The van der Waals surface area contributed by atoms with Crippen LogP contribution in [0.2, 0.25) is 0 Å². The molecule has 0 aliphatic heterocycles. The van der Waals surface area contributed by atoms with E-state index in [2.05, 4.69) is 15.6 Å². The molecule has 0 saturated heterocycles. The molecule has 170 valence electrons. The van der Waals surface area contributed by atoms with Crippen LogP contribution >= 0.6 is 11.3 Å². The van der Waals surface area contributed by atoms with Gasteiger partial charge in [0.25, 0.3) is 11.7 Å². The van der Waals surface area contributed by atoms with Crippen LogP contribution < -0.4 is 16.4 Å². The summed E-state index contributed by atoms with van der Waals surface area (Å²) in [6.07, 6.45) is 0.234. The van der Waals surface area contributed by atoms with Crippen LogP contribution in [0.5, 0.6) is 5.06 Å². The zero-order valence-electron chi connectivity index (χ0n) is 16.9. The Morgan fingerprint density at radius 2 is 1.69 bits per heavy atom. The molecule has 3 aromatic rings. The minimum atomic E-state index is -3.03. The highest BCUT2D eigenvalue weighted by atomic mass is 32.1. The van der Waals surface area contributed by atoms with Crippen LogP contribution in [0.1, 0.15) is 16.8 Å². The maximum atomic E-state index is 12.1. The Balaban J connectivity index is 1.60. The lowest BCUT2D eigenvalue weighted by Crippen LogP contribution is -2.61. The van der Waals surface area contributed by atoms with Gasteiger partial charge in [-0.15, -0.1) is 0 Å². The second-order valence-corrected chi connectivity index (χ2v) is 8.12. The number of aromatic hydroxyl groups is 1. The predicted octanol–water partition coefficient (Wildman–Crippen LogP) is 0.220. The summed E-state index contributed by atoms with van der Waals surface area (Å²) in [5.41, 5.74) is 6.67. The summed E-state index contributed by atoms with van der Waals surface area (Å²) in [6, 6.07) is 14.5. The fraction of sp³-hybridized carbons (Fsp3) is 0.238. The third-order valence-corrected chi connectivity index (χ3v) is 5.44. The molecule has 0 atom stereocenters. The van der Waals surface area contributed by atoms with Crippen LogP contribution in [0.3, 0.4) is 0 Å². The van der Waals surface area contributed by atoms with E-state index in [9.17, 15) is 30.3 Å². The van der Waals surface area contributed by atoms with Gasteiger partial charge in [0.15, 0.2) is 10.2 Å². The third kappa shape index (κ3) is 5.59. The van der Waals surface area contributed by atoms with Crippen molar-refractivity contribution < 1.29 is 30.3 Å². The standard InChI is InChI=1S/C21H24N4O6S/c22-19-25-16(18(27)32-19)12-17(26)24-15-8-6-14(7-9-15)20(28,29)21(30,31)23-11-10-13-4-2-1-3-5-13/h1-9,23,27-31H,10-12H2,(H2,22,25)(H,24,26). The number of carbonyl (C=O) groups excluding carboxylic acids is 1. The minimum absolute atomic E-state index is 0.0714. The average molecular weight is 461 g/mol. The first-order chi connectivity index (χ1) is 15.1. The van der Waals surface area contributed by atoms with Gasteiger partial charge < -0.3 is 36.6 Å². The van der Waals surface area contributed by atoms with Gasteiger partial charge in [0.2, 0.25) is 5.91 Å². The molecule has 2 aromatic carbocycles. The van der Waals surface area contributed by atoms with E-state index in [0.29, 0.717) is 12.1 Å². The molecule has 0 bridgehead atoms. The number of nitrogens with zero attached hydrogens (tertiary/aromatic N) is 1. The first-order valence-electron chi connectivity index (χ1n) is 9.61. The van der Waals surface area contributed by atoms with Crippen molar-refractivity contribution in [2.24, 2.45) is 0 Å². The largest absolute Gasteiger partial charge is 0.498 e. The molecule has 0 radical (unpaired) electrons. The van der Waals surface area contributed by atoms with Crippen molar-refractivity contribution in [2.75, 3.05) is 17.6 Å². The smallest absolute Gasteiger partial charge is 0.284 e. The number of aromatic nitrogens is 1. The molecule has 3 rings (SSSR count). The van der Waals surface area contributed by atoms with Crippen LogP contribution in [0.4, 0.5) is 10.8 Å². The van der Waals surface area contributed by atoms with Crippen molar-refractivity contribution in [1.29, 1.82) is 0 Å². The van der Waals surface area contributed by atoms with Gasteiger partial charge in [-0.25, -0.2) is 4.98 Å². The Bertz CT molecular complexity index is 1050. The zero-order valence-corrected chi connectivity index (χ0v) is 17.7. The van der Waals surface area contributed by atoms with Gasteiger partial charge in [0, 0.05) is 17.8 Å². The van der Waals surface area contributed by atoms with Gasteiger partial charge in [-0.3, -0.25) is 10.1 Å². The molecule has 32 heavy (non-hydrogen) atoms. The van der Waals surface area contributed by atoms with E-state index >= 15 is 0 Å². The summed E-state index contributed by atoms with van der Waals surface area (Å²) in [6.45, 7) is 0.0714. The van der Waals surface area contributed by atoms with Crippen molar-refractivity contribution in [1.82, 2.24) is 10.3 Å². The quantitative estimate of drug-likeness (QED) is 0.207. The summed E-state index contributed by atoms with van der Waals surface area (Å²) in [4.78, 5) is 16.0. The molecular weight excluding hydrogens is 436 g/mol. The number of nitrogen functional groups attached to an aromatic ring is 1. The van der Waals surface area contributed by atoms with Gasteiger partial charge in [-0.05, 0) is 24.1 Å². The minimum Gasteiger partial charge on any atom is -0.498 e. The van der Waals surface area contributed by atoms with Gasteiger partial charge in [-0.2, -0.15) is 0 Å². The molecule has 0 fully saturated rings. The highest BCUT2D eigenvalue weighted by molar-refractivity contribution is 7.17. The second-order valence-electron chi connectivity index (χ2n) is 7.11. The maximum Gasteiger partial charge on any atom is 0.284 e. The molecule has 1 heterocycles. The lowest BCUT2D eigenvalue weighted by molar-refractivity contribution is -0.378. The molecular formula is C21H24N4O6S. The zero-order chi connectivity index (χ0) is 23.4. The Hall–Kier alpha value is -3.06. The summed E-state index contributed by atoms with van der Waals surface area (Å²) in [5.74, 6) is -6.54. The maximum absolute atomic E-state index is 12.1. The summed E-state index contributed by atoms with van der Waals surface area (Å²) in [7, 11) is 0. The molecule has 0 unspecified atom stereocenters. The van der Waals surface area contributed by atoms with Crippen LogP contribution in [0.15, 0.2) is 54.6 Å². The van der Waals surface area contributed by atoms with Crippen molar-refractivity contribution in [3.8, 4) is 5.06 Å². The Labute approximate surface area is 187 Å². The van der Waals surface area contributed by atoms with Gasteiger partial charge in [0.05, 0.1) is 6.42 Å². The van der Waals surface area contributed by atoms with Crippen molar-refractivity contribution in [3.05, 3.63) is 71.4 Å². The first kappa shape index (κ1) is 23.6. The Morgan fingerprint density at radius 1 is 1.03 bits per heavy atom. The Morgan fingerprint density at radius 3 is 2.28 bits per heavy atom. The molecule has 0 aliphatic rings. The number of nitrogens with two attached hydrogens (primary N) is 1. The van der Waals surface area contributed by atoms with Gasteiger partial charge in [0.1, 0.15) is 5.69 Å². The number of rotatable bonds is 9. The van der Waals surface area contributed by atoms with E-state index in [1.165, 1.54) is 24.3 Å². The monoisotopic (exact) mass is 460 g/mol. The SMILES string of the molecule is Nc1nc(CC(=O)Nc2ccc(C(O)(O)C(O)(O)NCCc3ccccc3)cc2)c(O)s1. The number of nitrogens with one attached hydrogen (secondary N) is 2. The van der Waals surface area contributed by atoms with E-state index in [0.717, 1.165) is 16.9 Å². The molecule has 0 spiro atoms. The number of carbonyl (C=O) groups is 1. The lowest BCUT2D eigenvalue weighted by atomic mass is 10.0. The highest BCUT2D eigenvalue weighted by Gasteiger charge is 2.48. The van der Waals surface area contributed by atoms with E-state index in [1.54, 1.807) is 0 Å². The number of anilines is 2. The van der Waals surface area contributed by atoms with Crippen molar-refractivity contribution in [3.63, 3.8) is 0 Å². The van der Waals surface area contributed by atoms with Gasteiger partial charge in [-0.1, -0.05) is 53.8 Å². The molecule has 9 N–H and O–H groups in total. The number of thiazole rings is 1.